The number of nitrogens with two attached hydrogens (primary N) is 2. The van der Waals surface area contributed by atoms with Gasteiger partial charge in [0, 0.05) is 25.4 Å². The second-order valence-electron chi connectivity index (χ2n) is 17.0. The Bertz CT molecular complexity index is 1980. The average Bonchev–Trinajstić information content (AvgIpc) is 3.15. The van der Waals surface area contributed by atoms with Gasteiger partial charge in [-0.3, -0.25) is 14.6 Å². The molecule has 332 valence electrons. The number of esters is 1. The Morgan fingerprint density at radius 3 is 2.35 bits per heavy atom. The van der Waals surface area contributed by atoms with Crippen LogP contribution in [-0.2, 0) is 46.9 Å². The number of rotatable bonds is 21. The molecule has 3 atom stereocenters. The lowest BCUT2D eigenvalue weighted by Crippen LogP contribution is -2.45. The van der Waals surface area contributed by atoms with Gasteiger partial charge in [-0.25, -0.2) is 22.7 Å². The third kappa shape index (κ3) is 15.3. The molecule has 0 spiro atoms. The number of benzene rings is 2. The highest BCUT2D eigenvalue weighted by Gasteiger charge is 2.34. The fraction of sp³-hybridized carbons (Fsp3) is 0.568. The van der Waals surface area contributed by atoms with Gasteiger partial charge in [-0.05, 0) is 135 Å². The Balaban J connectivity index is 1.69. The van der Waals surface area contributed by atoms with Crippen LogP contribution in [0, 0.1) is 26.7 Å². The lowest BCUT2D eigenvalue weighted by atomic mass is 9.88. The molecule has 0 fully saturated rings. The summed E-state index contributed by atoms with van der Waals surface area (Å²) in [5.41, 5.74) is 14.9. The van der Waals surface area contributed by atoms with Gasteiger partial charge in [-0.2, -0.15) is 0 Å². The van der Waals surface area contributed by atoms with Crippen LogP contribution in [0.15, 0.2) is 52.9 Å². The number of hydrogen-bond acceptors (Lipinski definition) is 11. The number of nitrogens with zero attached hydrogens (tertiary/aromatic N) is 1. The highest BCUT2D eigenvalue weighted by atomic mass is 32.2. The Hall–Kier alpha value is -4.96. The van der Waals surface area contributed by atoms with Gasteiger partial charge in [-0.1, -0.05) is 36.4 Å². The molecule has 2 amide bonds. The number of aliphatic imine (C=N–C) groups is 1. The summed E-state index contributed by atoms with van der Waals surface area (Å²) in [7, 11) is -4.13. The number of carbonyl (C=O) groups excluding carboxylic acids is 4. The topological polar surface area (TPSA) is 231 Å². The van der Waals surface area contributed by atoms with Crippen molar-refractivity contribution in [1.29, 1.82) is 0 Å². The van der Waals surface area contributed by atoms with Crippen molar-refractivity contribution in [3.05, 3.63) is 70.8 Å². The summed E-state index contributed by atoms with van der Waals surface area (Å²) in [4.78, 5) is 56.6. The minimum atomic E-state index is -4.13. The van der Waals surface area contributed by atoms with Crippen LogP contribution in [0.1, 0.15) is 114 Å². The molecule has 1 aliphatic rings. The first kappa shape index (κ1) is 49.4. The van der Waals surface area contributed by atoms with Crippen molar-refractivity contribution in [2.45, 2.75) is 148 Å². The molecule has 1 heterocycles. The highest BCUT2D eigenvalue weighted by molar-refractivity contribution is 7.90. The minimum absolute atomic E-state index is 0.00834. The number of amides is 2. The second kappa shape index (κ2) is 22.0. The summed E-state index contributed by atoms with van der Waals surface area (Å²) < 4.78 is 46.8. The lowest BCUT2D eigenvalue weighted by Gasteiger charge is -2.35. The van der Waals surface area contributed by atoms with Crippen LogP contribution in [0.3, 0.4) is 0 Å². The van der Waals surface area contributed by atoms with Crippen molar-refractivity contribution < 1.29 is 41.8 Å². The zero-order valence-electron chi connectivity index (χ0n) is 36.6. The molecular formula is C44H66N6O9S. The first-order valence-electron chi connectivity index (χ1n) is 20.6. The summed E-state index contributed by atoms with van der Waals surface area (Å²) in [5, 5.41) is 5.41. The number of unbranched alkanes of at least 4 members (excludes halogenated alkanes) is 1. The van der Waals surface area contributed by atoms with Crippen LogP contribution in [0.4, 0.5) is 4.79 Å². The molecule has 2 aromatic carbocycles. The fourth-order valence-electron chi connectivity index (χ4n) is 6.88. The van der Waals surface area contributed by atoms with Crippen LogP contribution in [0.25, 0.3) is 0 Å². The van der Waals surface area contributed by atoms with Crippen molar-refractivity contribution in [1.82, 2.24) is 15.4 Å². The third-order valence-corrected chi connectivity index (χ3v) is 11.9. The summed E-state index contributed by atoms with van der Waals surface area (Å²) >= 11 is 0. The van der Waals surface area contributed by atoms with E-state index < -0.39 is 51.6 Å². The predicted octanol–water partition coefficient (Wildman–Crippen LogP) is 5.49. The lowest BCUT2D eigenvalue weighted by molar-refractivity contribution is -0.149. The monoisotopic (exact) mass is 854 g/mol. The van der Waals surface area contributed by atoms with E-state index in [1.54, 1.807) is 34.6 Å². The average molecular weight is 855 g/mol. The van der Waals surface area contributed by atoms with E-state index in [9.17, 15) is 27.6 Å². The van der Waals surface area contributed by atoms with Crippen LogP contribution in [0.2, 0.25) is 0 Å². The second-order valence-corrected chi connectivity index (χ2v) is 18.6. The molecular weight excluding hydrogens is 789 g/mol. The Morgan fingerprint density at radius 2 is 1.70 bits per heavy atom. The number of guanidine groups is 1. The number of sulfonamides is 1. The van der Waals surface area contributed by atoms with E-state index in [4.69, 9.17) is 25.7 Å². The van der Waals surface area contributed by atoms with Gasteiger partial charge in [0.05, 0.1) is 10.9 Å². The molecule has 15 nitrogen and oxygen atoms in total. The van der Waals surface area contributed by atoms with Gasteiger partial charge >= 0.3 is 12.1 Å². The van der Waals surface area contributed by atoms with Gasteiger partial charge in [0.1, 0.15) is 35.4 Å². The number of ether oxygens (including phenoxy) is 3. The van der Waals surface area contributed by atoms with E-state index in [1.165, 1.54) is 6.08 Å². The first-order chi connectivity index (χ1) is 28.0. The third-order valence-electron chi connectivity index (χ3n) is 10.2. The van der Waals surface area contributed by atoms with E-state index in [-0.39, 0.29) is 61.1 Å². The molecule has 60 heavy (non-hydrogen) atoms. The zero-order valence-corrected chi connectivity index (χ0v) is 37.4. The van der Waals surface area contributed by atoms with Gasteiger partial charge < -0.3 is 36.3 Å². The maximum Gasteiger partial charge on any atom is 0.407 e. The molecule has 0 saturated heterocycles. The van der Waals surface area contributed by atoms with E-state index in [0.29, 0.717) is 49.1 Å². The summed E-state index contributed by atoms with van der Waals surface area (Å²) in [5.74, 6) is -2.08. The molecule has 1 aliphatic heterocycles. The number of ketones is 1. The number of Topliss-reactive ketones (excluding diaryl/α,β-unsaturated/α-hetero) is 1. The molecule has 0 bridgehead atoms. The van der Waals surface area contributed by atoms with Gasteiger partial charge in [0.2, 0.25) is 11.9 Å². The number of hydrogen-bond donors (Lipinski definition) is 5. The van der Waals surface area contributed by atoms with E-state index >= 15 is 0 Å². The Labute approximate surface area is 355 Å². The SMILES string of the molecule is C=CC[C@H](NC(=O)[C@@H](CCCN=C(N)NS(=O)(=O)c1c(C)c(C)c2c(c1C)CCC(C)(C)O2)CC(=O)[C@H](N)CCCCNC(=O)OC(C)(C)C)C(=O)OCc1ccccc1. The molecule has 3 rings (SSSR count). The van der Waals surface area contributed by atoms with Crippen molar-refractivity contribution in [2.24, 2.45) is 22.4 Å². The van der Waals surface area contributed by atoms with Crippen molar-refractivity contribution >= 4 is 39.7 Å². The van der Waals surface area contributed by atoms with Gasteiger partial charge in [0.15, 0.2) is 0 Å². The van der Waals surface area contributed by atoms with E-state index in [0.717, 1.165) is 23.1 Å². The number of fused-ring (bicyclic) bond motifs is 1. The largest absolute Gasteiger partial charge is 0.487 e. The maximum absolute atomic E-state index is 13.8. The van der Waals surface area contributed by atoms with Crippen LogP contribution in [-0.4, -0.2) is 74.5 Å². The Morgan fingerprint density at radius 1 is 1.02 bits per heavy atom. The number of carbonyl (C=O) groups is 4. The first-order valence-corrected chi connectivity index (χ1v) is 22.0. The van der Waals surface area contributed by atoms with Crippen molar-refractivity contribution in [3.63, 3.8) is 0 Å². The highest BCUT2D eigenvalue weighted by Crippen LogP contribution is 2.42. The summed E-state index contributed by atoms with van der Waals surface area (Å²) in [6, 6.07) is 7.18. The van der Waals surface area contributed by atoms with Crippen molar-refractivity contribution in [2.75, 3.05) is 13.1 Å². The molecule has 0 unspecified atom stereocenters. The molecule has 0 aliphatic carbocycles. The van der Waals surface area contributed by atoms with Crippen molar-refractivity contribution in [3.8, 4) is 5.75 Å². The fourth-order valence-corrected chi connectivity index (χ4v) is 8.41. The van der Waals surface area contributed by atoms with Crippen LogP contribution >= 0.6 is 0 Å². The van der Waals surface area contributed by atoms with Gasteiger partial charge in [0.25, 0.3) is 10.0 Å². The van der Waals surface area contributed by atoms with E-state index in [2.05, 4.69) is 26.9 Å². The van der Waals surface area contributed by atoms with Crippen LogP contribution in [0.5, 0.6) is 5.75 Å². The maximum atomic E-state index is 13.8. The normalized spacial score (nSPS) is 15.3. The minimum Gasteiger partial charge on any atom is -0.487 e. The number of alkyl carbamates (subject to hydrolysis) is 1. The standard InChI is InChI=1S/C44H66N6O9S/c1-10-17-35(40(53)57-27-31-18-12-11-13-19-31)49-39(52)32(26-36(51)34(45)21-14-15-24-48-42(54)59-43(5,6)7)20-16-25-47-41(46)50-60(55,56)38-29(3)28(2)37-33(30(38)4)22-23-44(8,9)58-37/h10-13,18-19,32,34-35H,1,14-17,20-27,45H2,2-9H3,(H,48,54)(H,49,52)(H3,46,47,50)/t32-,34+,35-/m0/s1. The molecule has 7 N–H and O–H groups in total. The molecule has 0 saturated carbocycles. The smallest absolute Gasteiger partial charge is 0.407 e. The van der Waals surface area contributed by atoms with E-state index in [1.807, 2.05) is 51.1 Å². The molecule has 2 aromatic rings. The Kier molecular flexibility index (Phi) is 18.2. The van der Waals surface area contributed by atoms with Gasteiger partial charge in [-0.15, -0.1) is 6.58 Å². The zero-order chi connectivity index (χ0) is 44.8. The molecule has 0 aromatic heterocycles. The quantitative estimate of drug-likeness (QED) is 0.0347. The molecule has 16 heteroatoms. The summed E-state index contributed by atoms with van der Waals surface area (Å²) in [6.45, 7) is 18.8. The summed E-state index contributed by atoms with van der Waals surface area (Å²) in [6.07, 6.45) is 4.03. The number of nitrogens with one attached hydrogen (secondary N) is 3. The van der Waals surface area contributed by atoms with Crippen LogP contribution < -0.4 is 31.6 Å². The molecule has 0 radical (unpaired) electrons. The predicted molar refractivity (Wildman–Crippen MR) is 232 cm³/mol.